The Labute approximate surface area is 109 Å². The summed E-state index contributed by atoms with van der Waals surface area (Å²) in [5.74, 6) is 0.914. The number of hydrogen-bond acceptors (Lipinski definition) is 4. The van der Waals surface area contributed by atoms with E-state index in [9.17, 15) is 5.11 Å². The fraction of sp³-hybridized carbons (Fsp3) is 0.571. The van der Waals surface area contributed by atoms with E-state index in [4.69, 9.17) is 4.74 Å². The van der Waals surface area contributed by atoms with Crippen molar-refractivity contribution in [2.24, 2.45) is 0 Å². The summed E-state index contributed by atoms with van der Waals surface area (Å²) in [4.78, 5) is 2.29. The molecule has 18 heavy (non-hydrogen) atoms. The molecule has 2 rings (SSSR count). The van der Waals surface area contributed by atoms with E-state index in [2.05, 4.69) is 16.3 Å². The van der Waals surface area contributed by atoms with Gasteiger partial charge in [0.1, 0.15) is 5.75 Å². The zero-order chi connectivity index (χ0) is 13.0. The molecule has 1 aliphatic rings. The van der Waals surface area contributed by atoms with Crippen LogP contribution in [0.1, 0.15) is 18.0 Å². The fourth-order valence-corrected chi connectivity index (χ4v) is 2.54. The molecule has 0 aliphatic carbocycles. The first-order valence-electron chi connectivity index (χ1n) is 6.45. The molecule has 2 N–H and O–H groups in total. The lowest BCUT2D eigenvalue weighted by molar-refractivity contribution is 0.172. The van der Waals surface area contributed by atoms with Crippen LogP contribution in [0.2, 0.25) is 0 Å². The third kappa shape index (κ3) is 3.02. The van der Waals surface area contributed by atoms with Crippen molar-refractivity contribution in [3.63, 3.8) is 0 Å². The maximum absolute atomic E-state index is 9.57. The molecule has 1 aliphatic heterocycles. The average molecular weight is 250 g/mol. The maximum Gasteiger partial charge on any atom is 0.123 e. The molecule has 1 aromatic rings. The number of β-amino-alcohol motifs (C(OH)–C–C–N with tert-alkyl or cyclic N) is 1. The zero-order valence-electron chi connectivity index (χ0n) is 11.1. The van der Waals surface area contributed by atoms with Gasteiger partial charge in [0, 0.05) is 31.2 Å². The summed E-state index contributed by atoms with van der Waals surface area (Å²) in [5, 5.41) is 12.9. The van der Waals surface area contributed by atoms with Crippen LogP contribution in [-0.2, 0) is 0 Å². The summed E-state index contributed by atoms with van der Waals surface area (Å²) in [6, 6.07) is 8.31. The van der Waals surface area contributed by atoms with Crippen LogP contribution in [0.25, 0.3) is 0 Å². The number of para-hydroxylation sites is 1. The number of aliphatic hydroxyl groups is 1. The van der Waals surface area contributed by atoms with Gasteiger partial charge in [-0.3, -0.25) is 4.90 Å². The maximum atomic E-state index is 9.57. The summed E-state index contributed by atoms with van der Waals surface area (Å²) in [5.41, 5.74) is 1.17. The zero-order valence-corrected chi connectivity index (χ0v) is 11.1. The van der Waals surface area contributed by atoms with Gasteiger partial charge in [-0.1, -0.05) is 18.2 Å². The number of ether oxygens (including phenoxy) is 1. The smallest absolute Gasteiger partial charge is 0.123 e. The second kappa shape index (κ2) is 6.18. The van der Waals surface area contributed by atoms with E-state index in [0.717, 1.165) is 31.8 Å². The molecule has 0 aromatic heterocycles. The van der Waals surface area contributed by atoms with Crippen molar-refractivity contribution in [2.75, 3.05) is 33.8 Å². The van der Waals surface area contributed by atoms with E-state index in [-0.39, 0.29) is 12.1 Å². The number of hydrogen-bond donors (Lipinski definition) is 2. The Morgan fingerprint density at radius 2 is 2.28 bits per heavy atom. The van der Waals surface area contributed by atoms with Gasteiger partial charge in [-0.15, -0.1) is 0 Å². The van der Waals surface area contributed by atoms with E-state index < -0.39 is 0 Å². The van der Waals surface area contributed by atoms with Gasteiger partial charge >= 0.3 is 0 Å². The molecule has 0 saturated carbocycles. The number of likely N-dealkylation sites (tertiary alicyclic amines) is 1. The van der Waals surface area contributed by atoms with Gasteiger partial charge in [-0.05, 0) is 19.5 Å². The van der Waals surface area contributed by atoms with Crippen molar-refractivity contribution in [3.8, 4) is 5.75 Å². The van der Waals surface area contributed by atoms with Crippen LogP contribution in [-0.4, -0.2) is 49.9 Å². The number of rotatable bonds is 5. The van der Waals surface area contributed by atoms with Crippen molar-refractivity contribution >= 4 is 0 Å². The van der Waals surface area contributed by atoms with Crippen LogP contribution < -0.4 is 10.1 Å². The largest absolute Gasteiger partial charge is 0.496 e. The Kier molecular flexibility index (Phi) is 4.58. The molecular formula is C14H22N2O2. The van der Waals surface area contributed by atoms with Gasteiger partial charge in [0.25, 0.3) is 0 Å². The molecule has 100 valence electrons. The number of benzene rings is 1. The number of nitrogens with one attached hydrogen (secondary N) is 1. The summed E-state index contributed by atoms with van der Waals surface area (Å²) in [6.45, 7) is 2.63. The van der Waals surface area contributed by atoms with Crippen LogP contribution in [0.15, 0.2) is 24.3 Å². The highest BCUT2D eigenvalue weighted by atomic mass is 16.5. The first kappa shape index (κ1) is 13.3. The highest BCUT2D eigenvalue weighted by Gasteiger charge is 2.24. The first-order valence-corrected chi connectivity index (χ1v) is 6.45. The Morgan fingerprint density at radius 1 is 1.50 bits per heavy atom. The van der Waals surface area contributed by atoms with Crippen molar-refractivity contribution in [3.05, 3.63) is 29.8 Å². The Bertz CT molecular complexity index is 384. The molecule has 4 nitrogen and oxygen atoms in total. The molecule has 1 fully saturated rings. The number of likely N-dealkylation sites (N-methyl/N-ethyl adjacent to an activating group) is 1. The Balaban J connectivity index is 2.08. The second-order valence-electron chi connectivity index (χ2n) is 4.79. The normalized spacial score (nSPS) is 22.1. The van der Waals surface area contributed by atoms with Crippen molar-refractivity contribution in [2.45, 2.75) is 18.6 Å². The van der Waals surface area contributed by atoms with Gasteiger partial charge in [0.05, 0.1) is 13.2 Å². The summed E-state index contributed by atoms with van der Waals surface area (Å²) >= 11 is 0. The van der Waals surface area contributed by atoms with Gasteiger partial charge in [-0.2, -0.15) is 0 Å². The predicted molar refractivity (Wildman–Crippen MR) is 71.9 cm³/mol. The summed E-state index contributed by atoms with van der Waals surface area (Å²) in [7, 11) is 3.66. The fourth-order valence-electron chi connectivity index (χ4n) is 2.54. The highest BCUT2D eigenvalue weighted by molar-refractivity contribution is 5.36. The van der Waals surface area contributed by atoms with Crippen LogP contribution in [0.3, 0.4) is 0 Å². The third-order valence-corrected chi connectivity index (χ3v) is 3.55. The minimum atomic E-state index is -0.167. The molecule has 1 saturated heterocycles. The molecule has 0 spiro atoms. The van der Waals surface area contributed by atoms with E-state index in [0.29, 0.717) is 0 Å². The average Bonchev–Trinajstić information content (AvgIpc) is 2.81. The van der Waals surface area contributed by atoms with E-state index in [1.807, 2.05) is 25.2 Å². The molecule has 2 atom stereocenters. The van der Waals surface area contributed by atoms with Gasteiger partial charge in [0.2, 0.25) is 0 Å². The molecular weight excluding hydrogens is 228 g/mol. The van der Waals surface area contributed by atoms with Gasteiger partial charge in [-0.25, -0.2) is 0 Å². The lowest BCUT2D eigenvalue weighted by Gasteiger charge is -2.24. The Morgan fingerprint density at radius 3 is 2.89 bits per heavy atom. The van der Waals surface area contributed by atoms with Gasteiger partial charge in [0.15, 0.2) is 0 Å². The Hall–Kier alpha value is -1.10. The van der Waals surface area contributed by atoms with Crippen molar-refractivity contribution < 1.29 is 9.84 Å². The van der Waals surface area contributed by atoms with Crippen molar-refractivity contribution in [1.29, 1.82) is 0 Å². The molecule has 0 amide bonds. The van der Waals surface area contributed by atoms with Crippen LogP contribution in [0.4, 0.5) is 0 Å². The SMILES string of the molecule is CN[C@H](CN1CC[C@H](O)C1)c1ccccc1OC. The molecule has 0 unspecified atom stereocenters. The number of aliphatic hydroxyl groups excluding tert-OH is 1. The molecule has 0 radical (unpaired) electrons. The topological polar surface area (TPSA) is 44.7 Å². The van der Waals surface area contributed by atoms with Crippen LogP contribution in [0, 0.1) is 0 Å². The van der Waals surface area contributed by atoms with Gasteiger partial charge < -0.3 is 15.2 Å². The van der Waals surface area contributed by atoms with E-state index in [1.165, 1.54) is 5.56 Å². The minimum absolute atomic E-state index is 0.167. The third-order valence-electron chi connectivity index (χ3n) is 3.55. The first-order chi connectivity index (χ1) is 8.74. The van der Waals surface area contributed by atoms with E-state index >= 15 is 0 Å². The highest BCUT2D eigenvalue weighted by Crippen LogP contribution is 2.26. The lowest BCUT2D eigenvalue weighted by atomic mass is 10.1. The molecule has 1 heterocycles. The second-order valence-corrected chi connectivity index (χ2v) is 4.79. The van der Waals surface area contributed by atoms with E-state index in [1.54, 1.807) is 7.11 Å². The van der Waals surface area contributed by atoms with Crippen LogP contribution in [0.5, 0.6) is 5.75 Å². The van der Waals surface area contributed by atoms with Crippen LogP contribution >= 0.6 is 0 Å². The number of nitrogens with zero attached hydrogens (tertiary/aromatic N) is 1. The molecule has 0 bridgehead atoms. The minimum Gasteiger partial charge on any atom is -0.496 e. The standard InChI is InChI=1S/C14H22N2O2/c1-15-13(10-16-8-7-11(17)9-16)12-5-3-4-6-14(12)18-2/h3-6,11,13,15,17H,7-10H2,1-2H3/t11-,13+/m0/s1. The molecule has 1 aromatic carbocycles. The molecule has 4 heteroatoms. The lowest BCUT2D eigenvalue weighted by Crippen LogP contribution is -2.33. The monoisotopic (exact) mass is 250 g/mol. The van der Waals surface area contributed by atoms with Crippen molar-refractivity contribution in [1.82, 2.24) is 10.2 Å². The predicted octanol–water partition coefficient (Wildman–Crippen LogP) is 1.02. The summed E-state index contributed by atoms with van der Waals surface area (Å²) < 4.78 is 5.41. The summed E-state index contributed by atoms with van der Waals surface area (Å²) in [6.07, 6.45) is 0.711. The quantitative estimate of drug-likeness (QED) is 0.819. The number of methoxy groups -OCH3 is 1.